The number of nitrogens with zero attached hydrogens (tertiary/aromatic N) is 4. The third-order valence-corrected chi connectivity index (χ3v) is 3.72. The predicted molar refractivity (Wildman–Crippen MR) is 72.9 cm³/mol. The van der Waals surface area contributed by atoms with Gasteiger partial charge in [0.1, 0.15) is 6.04 Å². The second-order valence-electron chi connectivity index (χ2n) is 5.25. The SMILES string of the molecule is Cn1cc(CN2C(=O)c3c(cccc3C(F)(F)F)C2C#N)cn1. The topological polar surface area (TPSA) is 61.9 Å². The van der Waals surface area contributed by atoms with Gasteiger partial charge in [-0.3, -0.25) is 9.48 Å². The standard InChI is InChI=1S/C15H11F3N4O/c1-21-7-9(6-20-21)8-22-12(5-19)10-3-2-4-11(15(16,17)18)13(10)14(22)23/h2-4,6-7,12H,8H2,1H3. The molecule has 1 atom stereocenters. The summed E-state index contributed by atoms with van der Waals surface area (Å²) in [5, 5.41) is 13.3. The van der Waals surface area contributed by atoms with E-state index in [1.54, 1.807) is 13.2 Å². The van der Waals surface area contributed by atoms with Gasteiger partial charge in [0.15, 0.2) is 0 Å². The van der Waals surface area contributed by atoms with Gasteiger partial charge in [-0.1, -0.05) is 12.1 Å². The van der Waals surface area contributed by atoms with Gasteiger partial charge in [-0.15, -0.1) is 0 Å². The summed E-state index contributed by atoms with van der Waals surface area (Å²) in [5.41, 5.74) is -0.706. The Kier molecular flexibility index (Phi) is 3.36. The van der Waals surface area contributed by atoms with Gasteiger partial charge in [0.25, 0.3) is 5.91 Å². The fourth-order valence-corrected chi connectivity index (χ4v) is 2.75. The Morgan fingerprint density at radius 3 is 2.70 bits per heavy atom. The molecule has 23 heavy (non-hydrogen) atoms. The first-order chi connectivity index (χ1) is 10.8. The van der Waals surface area contributed by atoms with E-state index in [1.165, 1.54) is 23.0 Å². The Balaban J connectivity index is 2.06. The molecule has 0 radical (unpaired) electrons. The van der Waals surface area contributed by atoms with Crippen molar-refractivity contribution in [1.82, 2.24) is 14.7 Å². The van der Waals surface area contributed by atoms with Crippen molar-refractivity contribution in [1.29, 1.82) is 5.26 Å². The number of benzene rings is 1. The summed E-state index contributed by atoms with van der Waals surface area (Å²) in [7, 11) is 1.69. The third kappa shape index (κ3) is 2.44. The van der Waals surface area contributed by atoms with Crippen LogP contribution in [0.3, 0.4) is 0 Å². The number of aryl methyl sites for hydroxylation is 1. The molecule has 0 aliphatic carbocycles. The van der Waals surface area contributed by atoms with Crippen LogP contribution in [-0.4, -0.2) is 20.6 Å². The molecule has 8 heteroatoms. The van der Waals surface area contributed by atoms with Crippen LogP contribution in [-0.2, 0) is 19.8 Å². The second-order valence-corrected chi connectivity index (χ2v) is 5.25. The minimum absolute atomic E-state index is 0.0247. The van der Waals surface area contributed by atoms with E-state index in [0.29, 0.717) is 5.56 Å². The summed E-state index contributed by atoms with van der Waals surface area (Å²) in [5.74, 6) is -0.789. The number of carbonyl (C=O) groups excluding carboxylic acids is 1. The highest BCUT2D eigenvalue weighted by atomic mass is 19.4. The molecule has 0 fully saturated rings. The van der Waals surface area contributed by atoms with Crippen LogP contribution < -0.4 is 0 Å². The molecule has 1 aliphatic heterocycles. The molecule has 1 unspecified atom stereocenters. The second kappa shape index (κ2) is 5.12. The number of rotatable bonds is 2. The fraction of sp³-hybridized carbons (Fsp3) is 0.267. The van der Waals surface area contributed by atoms with Crippen molar-refractivity contribution in [3.05, 3.63) is 52.8 Å². The zero-order valence-electron chi connectivity index (χ0n) is 12.0. The number of alkyl halides is 3. The first-order valence-corrected chi connectivity index (χ1v) is 6.71. The normalized spacial score (nSPS) is 17.3. The minimum Gasteiger partial charge on any atom is -0.314 e. The summed E-state index contributed by atoms with van der Waals surface area (Å²) in [6.07, 6.45) is -1.49. The zero-order valence-corrected chi connectivity index (χ0v) is 12.0. The highest BCUT2D eigenvalue weighted by Gasteiger charge is 2.44. The van der Waals surface area contributed by atoms with Crippen LogP contribution in [0.4, 0.5) is 13.2 Å². The number of carbonyl (C=O) groups is 1. The van der Waals surface area contributed by atoms with Crippen LogP contribution in [0.2, 0.25) is 0 Å². The molecule has 0 bridgehead atoms. The maximum Gasteiger partial charge on any atom is 0.417 e. The van der Waals surface area contributed by atoms with Gasteiger partial charge in [-0.25, -0.2) is 0 Å². The van der Waals surface area contributed by atoms with Crippen LogP contribution in [0.25, 0.3) is 0 Å². The molecular formula is C15H11F3N4O. The Morgan fingerprint density at radius 2 is 2.13 bits per heavy atom. The largest absolute Gasteiger partial charge is 0.417 e. The molecule has 0 saturated carbocycles. The fourth-order valence-electron chi connectivity index (χ4n) is 2.75. The van der Waals surface area contributed by atoms with Crippen molar-refractivity contribution in [2.24, 2.45) is 7.05 Å². The lowest BCUT2D eigenvalue weighted by Crippen LogP contribution is -2.27. The third-order valence-electron chi connectivity index (χ3n) is 3.72. The van der Waals surface area contributed by atoms with E-state index >= 15 is 0 Å². The van der Waals surface area contributed by atoms with Crippen molar-refractivity contribution in [2.45, 2.75) is 18.8 Å². The van der Waals surface area contributed by atoms with Crippen LogP contribution in [0.15, 0.2) is 30.6 Å². The molecule has 118 valence electrons. The van der Waals surface area contributed by atoms with Crippen LogP contribution in [0.5, 0.6) is 0 Å². The summed E-state index contributed by atoms with van der Waals surface area (Å²) in [6, 6.07) is 4.34. The molecule has 0 saturated heterocycles. The Bertz CT molecular complexity index is 819. The summed E-state index contributed by atoms with van der Waals surface area (Å²) in [4.78, 5) is 13.6. The zero-order chi connectivity index (χ0) is 16.8. The number of aromatic nitrogens is 2. The van der Waals surface area contributed by atoms with Gasteiger partial charge in [-0.2, -0.15) is 23.5 Å². The number of amides is 1. The average molecular weight is 320 g/mol. The van der Waals surface area contributed by atoms with Gasteiger partial charge in [0, 0.05) is 24.4 Å². The smallest absolute Gasteiger partial charge is 0.314 e. The van der Waals surface area contributed by atoms with Gasteiger partial charge in [0.05, 0.1) is 29.9 Å². The average Bonchev–Trinajstić information content (AvgIpc) is 3.01. The maximum atomic E-state index is 13.1. The molecule has 1 amide bonds. The predicted octanol–water partition coefficient (Wildman–Crippen LogP) is 2.66. The highest BCUT2D eigenvalue weighted by Crippen LogP contribution is 2.41. The molecule has 1 aromatic carbocycles. The van der Waals surface area contributed by atoms with Crippen LogP contribution in [0, 0.1) is 11.3 Å². The maximum absolute atomic E-state index is 13.1. The van der Waals surface area contributed by atoms with Crippen molar-refractivity contribution < 1.29 is 18.0 Å². The number of fused-ring (bicyclic) bond motifs is 1. The van der Waals surface area contributed by atoms with Crippen molar-refractivity contribution >= 4 is 5.91 Å². The van der Waals surface area contributed by atoms with Gasteiger partial charge in [0.2, 0.25) is 0 Å². The first kappa shape index (κ1) is 15.1. The van der Waals surface area contributed by atoms with Gasteiger partial charge >= 0.3 is 6.18 Å². The Morgan fingerprint density at radius 1 is 1.39 bits per heavy atom. The quantitative estimate of drug-likeness (QED) is 0.854. The van der Waals surface area contributed by atoms with Crippen molar-refractivity contribution in [2.75, 3.05) is 0 Å². The highest BCUT2D eigenvalue weighted by molar-refractivity contribution is 6.01. The monoisotopic (exact) mass is 320 g/mol. The number of hydrogen-bond donors (Lipinski definition) is 0. The number of nitriles is 1. The molecule has 3 rings (SSSR count). The molecule has 1 aliphatic rings. The van der Waals surface area contributed by atoms with Crippen LogP contribution in [0.1, 0.15) is 33.1 Å². The Hall–Kier alpha value is -2.82. The van der Waals surface area contributed by atoms with Crippen LogP contribution >= 0.6 is 0 Å². The van der Waals surface area contributed by atoms with Crippen molar-refractivity contribution in [3.63, 3.8) is 0 Å². The number of hydrogen-bond acceptors (Lipinski definition) is 3. The Labute approximate surface area is 129 Å². The van der Waals surface area contributed by atoms with Crippen molar-refractivity contribution in [3.8, 4) is 6.07 Å². The molecule has 0 spiro atoms. The van der Waals surface area contributed by atoms with Gasteiger partial charge < -0.3 is 4.90 Å². The lowest BCUT2D eigenvalue weighted by molar-refractivity contribution is -0.137. The lowest BCUT2D eigenvalue weighted by Gasteiger charge is -2.19. The van der Waals surface area contributed by atoms with E-state index < -0.39 is 29.3 Å². The van der Waals surface area contributed by atoms with E-state index in [2.05, 4.69) is 5.10 Å². The molecule has 0 N–H and O–H groups in total. The minimum atomic E-state index is -4.65. The summed E-state index contributed by atoms with van der Waals surface area (Å²) < 4.78 is 40.9. The van der Waals surface area contributed by atoms with E-state index in [1.807, 2.05) is 6.07 Å². The summed E-state index contributed by atoms with van der Waals surface area (Å²) >= 11 is 0. The van der Waals surface area contributed by atoms with E-state index in [4.69, 9.17) is 0 Å². The van der Waals surface area contributed by atoms with Gasteiger partial charge in [-0.05, 0) is 6.07 Å². The molecule has 2 heterocycles. The number of halogens is 3. The lowest BCUT2D eigenvalue weighted by atomic mass is 10.00. The molecule has 1 aromatic heterocycles. The molecule has 5 nitrogen and oxygen atoms in total. The first-order valence-electron chi connectivity index (χ1n) is 6.71. The van der Waals surface area contributed by atoms with E-state index in [-0.39, 0.29) is 12.1 Å². The van der Waals surface area contributed by atoms with E-state index in [9.17, 15) is 23.2 Å². The summed E-state index contributed by atoms with van der Waals surface area (Å²) in [6.45, 7) is 0.0247. The molecule has 2 aromatic rings. The molecular weight excluding hydrogens is 309 g/mol. The van der Waals surface area contributed by atoms with E-state index in [0.717, 1.165) is 11.0 Å².